The Morgan fingerprint density at radius 3 is 1.93 bits per heavy atom. The second-order valence-electron chi connectivity index (χ2n) is 5.76. The summed E-state index contributed by atoms with van der Waals surface area (Å²) in [5, 5.41) is 21.2. The minimum Gasteiger partial charge on any atom is -0.410 e. The van der Waals surface area contributed by atoms with Crippen LogP contribution in [0.1, 0.15) is 38.5 Å². The van der Waals surface area contributed by atoms with Crippen molar-refractivity contribution in [2.75, 3.05) is 0 Å². The summed E-state index contributed by atoms with van der Waals surface area (Å²) in [4.78, 5) is 0. The van der Waals surface area contributed by atoms with Gasteiger partial charge in [0.2, 0.25) is 0 Å². The van der Waals surface area contributed by atoms with E-state index in [1.165, 1.54) is 19.3 Å². The standard InChI is InChI=1S/C12H16N2O/c13-7-11(14-15)12-4-8-1-9(5-12)3-10(2-8)6-12/h8-10,15H,1-6H2/b14-11-. The van der Waals surface area contributed by atoms with Crippen LogP contribution < -0.4 is 0 Å². The van der Waals surface area contributed by atoms with Gasteiger partial charge in [-0.3, -0.25) is 0 Å². The van der Waals surface area contributed by atoms with Gasteiger partial charge in [0.25, 0.3) is 0 Å². The van der Waals surface area contributed by atoms with Gasteiger partial charge in [-0.15, -0.1) is 0 Å². The Balaban J connectivity index is 1.97. The number of hydrogen-bond donors (Lipinski definition) is 1. The molecule has 4 aliphatic rings. The Kier molecular flexibility index (Phi) is 1.83. The van der Waals surface area contributed by atoms with Gasteiger partial charge in [-0.2, -0.15) is 5.26 Å². The van der Waals surface area contributed by atoms with E-state index in [2.05, 4.69) is 11.2 Å². The lowest BCUT2D eigenvalue weighted by atomic mass is 9.48. The van der Waals surface area contributed by atoms with Crippen LogP contribution in [0.15, 0.2) is 5.16 Å². The Labute approximate surface area is 89.8 Å². The molecule has 4 rings (SSSR count). The molecule has 3 nitrogen and oxygen atoms in total. The monoisotopic (exact) mass is 204 g/mol. The predicted octanol–water partition coefficient (Wildman–Crippen LogP) is 2.56. The van der Waals surface area contributed by atoms with Crippen molar-refractivity contribution in [3.05, 3.63) is 0 Å². The van der Waals surface area contributed by atoms with Crippen molar-refractivity contribution in [3.63, 3.8) is 0 Å². The van der Waals surface area contributed by atoms with Gasteiger partial charge in [0.05, 0.1) is 0 Å². The molecule has 80 valence electrons. The van der Waals surface area contributed by atoms with Crippen molar-refractivity contribution in [2.45, 2.75) is 38.5 Å². The maximum absolute atomic E-state index is 9.05. The van der Waals surface area contributed by atoms with Crippen LogP contribution in [-0.2, 0) is 0 Å². The highest BCUT2D eigenvalue weighted by Crippen LogP contribution is 2.60. The summed E-state index contributed by atoms with van der Waals surface area (Å²) in [6, 6.07) is 2.11. The first kappa shape index (κ1) is 9.21. The zero-order chi connectivity index (χ0) is 10.5. The molecule has 0 amide bonds. The normalized spacial score (nSPS) is 47.9. The van der Waals surface area contributed by atoms with E-state index in [4.69, 9.17) is 10.5 Å². The molecule has 3 heteroatoms. The van der Waals surface area contributed by atoms with E-state index in [1.807, 2.05) is 0 Å². The highest BCUT2D eigenvalue weighted by molar-refractivity contribution is 6.02. The molecule has 0 atom stereocenters. The fourth-order valence-corrected chi connectivity index (χ4v) is 4.65. The molecule has 0 radical (unpaired) electrons. The summed E-state index contributed by atoms with van der Waals surface area (Å²) in [5.41, 5.74) is 0.361. The minimum atomic E-state index is -0.0434. The average molecular weight is 204 g/mol. The van der Waals surface area contributed by atoms with E-state index in [-0.39, 0.29) is 5.41 Å². The molecule has 4 saturated carbocycles. The highest BCUT2D eigenvalue weighted by Gasteiger charge is 2.53. The van der Waals surface area contributed by atoms with Crippen molar-refractivity contribution in [1.82, 2.24) is 0 Å². The maximum atomic E-state index is 9.05. The highest BCUT2D eigenvalue weighted by atomic mass is 16.4. The molecule has 0 aromatic carbocycles. The van der Waals surface area contributed by atoms with Gasteiger partial charge in [-0.25, -0.2) is 0 Å². The lowest BCUT2D eigenvalue weighted by Gasteiger charge is -2.55. The van der Waals surface area contributed by atoms with Crippen molar-refractivity contribution in [3.8, 4) is 6.07 Å². The van der Waals surface area contributed by atoms with E-state index in [0.717, 1.165) is 37.0 Å². The molecule has 0 aliphatic heterocycles. The van der Waals surface area contributed by atoms with Gasteiger partial charge < -0.3 is 5.21 Å². The van der Waals surface area contributed by atoms with E-state index >= 15 is 0 Å². The molecule has 0 heterocycles. The summed E-state index contributed by atoms with van der Waals surface area (Å²) in [7, 11) is 0. The van der Waals surface area contributed by atoms with Crippen molar-refractivity contribution in [2.24, 2.45) is 28.3 Å². The van der Waals surface area contributed by atoms with Gasteiger partial charge in [-0.1, -0.05) is 5.16 Å². The molecule has 1 N–H and O–H groups in total. The van der Waals surface area contributed by atoms with Crippen molar-refractivity contribution in [1.29, 1.82) is 5.26 Å². The fraction of sp³-hybridized carbons (Fsp3) is 0.833. The topological polar surface area (TPSA) is 56.4 Å². The fourth-order valence-electron chi connectivity index (χ4n) is 4.65. The van der Waals surface area contributed by atoms with Crippen LogP contribution in [0.4, 0.5) is 0 Å². The molecule has 4 aliphatic carbocycles. The summed E-state index contributed by atoms with van der Waals surface area (Å²) in [6.45, 7) is 0. The lowest BCUT2D eigenvalue weighted by molar-refractivity contribution is -0.0128. The molecule has 0 saturated heterocycles. The first-order valence-corrected chi connectivity index (χ1v) is 5.88. The van der Waals surface area contributed by atoms with Crippen LogP contribution >= 0.6 is 0 Å². The third kappa shape index (κ3) is 1.20. The average Bonchev–Trinajstić information content (AvgIpc) is 2.16. The quantitative estimate of drug-likeness (QED) is 0.405. The SMILES string of the molecule is N#C/C(=N/O)C12CC3CC(CC(C3)C1)C2. The Morgan fingerprint density at radius 1 is 1.13 bits per heavy atom. The van der Waals surface area contributed by atoms with Crippen LogP contribution in [0, 0.1) is 34.5 Å². The summed E-state index contributed by atoms with van der Waals surface area (Å²) >= 11 is 0. The zero-order valence-corrected chi connectivity index (χ0v) is 8.82. The van der Waals surface area contributed by atoms with Crippen LogP contribution in [0.25, 0.3) is 0 Å². The maximum Gasteiger partial charge on any atom is 0.162 e. The second kappa shape index (κ2) is 2.98. The lowest BCUT2D eigenvalue weighted by Crippen LogP contribution is -2.49. The van der Waals surface area contributed by atoms with E-state index in [0.29, 0.717) is 5.71 Å². The molecule has 0 spiro atoms. The van der Waals surface area contributed by atoms with Crippen LogP contribution in [0.3, 0.4) is 0 Å². The Bertz CT molecular complexity index is 318. The van der Waals surface area contributed by atoms with E-state index in [9.17, 15) is 0 Å². The molecule has 0 aromatic rings. The van der Waals surface area contributed by atoms with Crippen LogP contribution in [0.2, 0.25) is 0 Å². The summed E-state index contributed by atoms with van der Waals surface area (Å²) in [5.74, 6) is 2.38. The molecule has 4 bridgehead atoms. The van der Waals surface area contributed by atoms with Gasteiger partial charge in [0.1, 0.15) is 6.07 Å². The molecule has 15 heavy (non-hydrogen) atoms. The van der Waals surface area contributed by atoms with E-state index < -0.39 is 0 Å². The number of rotatable bonds is 1. The predicted molar refractivity (Wildman–Crippen MR) is 55.4 cm³/mol. The molecule has 0 unspecified atom stereocenters. The third-order valence-electron chi connectivity index (χ3n) is 4.75. The second-order valence-corrected chi connectivity index (χ2v) is 5.76. The van der Waals surface area contributed by atoms with Crippen molar-refractivity contribution < 1.29 is 5.21 Å². The number of oxime groups is 1. The number of nitrogens with zero attached hydrogens (tertiary/aromatic N) is 2. The van der Waals surface area contributed by atoms with E-state index in [1.54, 1.807) is 0 Å². The van der Waals surface area contributed by atoms with Crippen molar-refractivity contribution >= 4 is 5.71 Å². The Hall–Kier alpha value is -1.04. The summed E-state index contributed by atoms with van der Waals surface area (Å²) < 4.78 is 0. The smallest absolute Gasteiger partial charge is 0.162 e. The number of hydrogen-bond acceptors (Lipinski definition) is 3. The van der Waals surface area contributed by atoms with Gasteiger partial charge in [0.15, 0.2) is 5.71 Å². The van der Waals surface area contributed by atoms with Gasteiger partial charge >= 0.3 is 0 Å². The van der Waals surface area contributed by atoms with Gasteiger partial charge in [0, 0.05) is 5.41 Å². The first-order valence-electron chi connectivity index (χ1n) is 5.88. The Morgan fingerprint density at radius 2 is 1.60 bits per heavy atom. The van der Waals surface area contributed by atoms with Gasteiger partial charge in [-0.05, 0) is 56.3 Å². The molecular formula is C12H16N2O. The first-order chi connectivity index (χ1) is 7.25. The third-order valence-corrected chi connectivity index (χ3v) is 4.75. The van der Waals surface area contributed by atoms with Crippen LogP contribution in [-0.4, -0.2) is 10.9 Å². The minimum absolute atomic E-state index is 0.0434. The molecule has 4 fully saturated rings. The number of nitriles is 1. The molecule has 0 aromatic heterocycles. The zero-order valence-electron chi connectivity index (χ0n) is 8.82. The molecular weight excluding hydrogens is 188 g/mol. The summed E-state index contributed by atoms with van der Waals surface area (Å²) in [6.07, 6.45) is 7.32. The largest absolute Gasteiger partial charge is 0.410 e. The van der Waals surface area contributed by atoms with Crippen LogP contribution in [0.5, 0.6) is 0 Å².